The van der Waals surface area contributed by atoms with E-state index in [2.05, 4.69) is 32.9 Å². The van der Waals surface area contributed by atoms with E-state index < -0.39 is 5.82 Å². The van der Waals surface area contributed by atoms with Gasteiger partial charge in [0.05, 0.1) is 36.4 Å². The summed E-state index contributed by atoms with van der Waals surface area (Å²) in [7, 11) is 0. The zero-order chi connectivity index (χ0) is 20.3. The minimum atomic E-state index is -0.407. The second kappa shape index (κ2) is 8.80. The molecule has 3 rings (SSSR count). The number of hydrogen-bond acceptors (Lipinski definition) is 3. The molecule has 0 atom stereocenters. The summed E-state index contributed by atoms with van der Waals surface area (Å²) in [6.07, 6.45) is 0. The lowest BCUT2D eigenvalue weighted by atomic mass is 10.1. The van der Waals surface area contributed by atoms with Crippen molar-refractivity contribution < 1.29 is 14.1 Å². The van der Waals surface area contributed by atoms with Crippen LogP contribution in [-0.2, 0) is 0 Å². The lowest BCUT2D eigenvalue weighted by Gasteiger charge is -2.23. The third-order valence-electron chi connectivity index (χ3n) is 5.06. The molecule has 0 aliphatic heterocycles. The Morgan fingerprint density at radius 2 is 1.93 bits per heavy atom. The van der Waals surface area contributed by atoms with Gasteiger partial charge in [-0.25, -0.2) is 9.37 Å². The van der Waals surface area contributed by atoms with Crippen molar-refractivity contribution in [2.75, 3.05) is 31.1 Å². The van der Waals surface area contributed by atoms with Gasteiger partial charge in [-0.3, -0.25) is 9.69 Å². The van der Waals surface area contributed by atoms with Crippen LogP contribution in [0.2, 0.25) is 0 Å². The molecule has 2 aromatic carbocycles. The maximum absolute atomic E-state index is 13.7. The molecule has 1 N–H and O–H groups in total. The lowest BCUT2D eigenvalue weighted by molar-refractivity contribution is -0.894. The molecule has 0 fully saturated rings. The van der Waals surface area contributed by atoms with Crippen LogP contribution >= 0.6 is 11.3 Å². The van der Waals surface area contributed by atoms with Crippen LogP contribution in [0.3, 0.4) is 0 Å². The van der Waals surface area contributed by atoms with E-state index in [-0.39, 0.29) is 5.91 Å². The molecule has 1 amide bonds. The van der Waals surface area contributed by atoms with Gasteiger partial charge in [0.15, 0.2) is 5.13 Å². The monoisotopic (exact) mass is 400 g/mol. The molecule has 0 radical (unpaired) electrons. The fourth-order valence-electron chi connectivity index (χ4n) is 3.41. The summed E-state index contributed by atoms with van der Waals surface area (Å²) in [6.45, 7) is 11.7. The van der Waals surface area contributed by atoms with Gasteiger partial charge < -0.3 is 4.90 Å². The predicted octanol–water partition coefficient (Wildman–Crippen LogP) is 3.62. The minimum absolute atomic E-state index is 0.209. The molecule has 0 unspecified atom stereocenters. The third-order valence-corrected chi connectivity index (χ3v) is 6.08. The first-order chi connectivity index (χ1) is 13.4. The number of thiazole rings is 1. The molecule has 0 aliphatic carbocycles. The topological polar surface area (TPSA) is 37.6 Å². The van der Waals surface area contributed by atoms with Gasteiger partial charge in [-0.1, -0.05) is 23.5 Å². The standard InChI is InChI=1S/C22H26FN3OS/c1-5-25(6-2)10-11-26(21(27)17-8-7-9-18(23)14-17)22-24-20-16(4)12-15(3)13-19(20)28-22/h7-9,12-14H,5-6,10-11H2,1-4H3/p+1. The number of nitrogens with zero attached hydrogens (tertiary/aromatic N) is 2. The first-order valence-corrected chi connectivity index (χ1v) is 10.5. The molecule has 28 heavy (non-hydrogen) atoms. The van der Waals surface area contributed by atoms with Crippen molar-refractivity contribution in [3.63, 3.8) is 0 Å². The zero-order valence-electron chi connectivity index (χ0n) is 16.9. The predicted molar refractivity (Wildman–Crippen MR) is 114 cm³/mol. The number of carbonyl (C=O) groups is 1. The van der Waals surface area contributed by atoms with Crippen LogP contribution in [0.5, 0.6) is 0 Å². The van der Waals surface area contributed by atoms with Gasteiger partial charge in [-0.05, 0) is 63.1 Å². The smallest absolute Gasteiger partial charge is 0.260 e. The van der Waals surface area contributed by atoms with Gasteiger partial charge >= 0.3 is 0 Å². The molecule has 0 spiro atoms. The van der Waals surface area contributed by atoms with Crippen molar-refractivity contribution in [2.45, 2.75) is 27.7 Å². The van der Waals surface area contributed by atoms with Gasteiger partial charge in [0.2, 0.25) is 0 Å². The van der Waals surface area contributed by atoms with Crippen LogP contribution in [0.4, 0.5) is 9.52 Å². The summed E-state index contributed by atoms with van der Waals surface area (Å²) in [5.74, 6) is -0.615. The number of fused-ring (bicyclic) bond motifs is 1. The van der Waals surface area contributed by atoms with E-state index in [0.717, 1.165) is 35.4 Å². The number of aryl methyl sites for hydroxylation is 2. The van der Waals surface area contributed by atoms with Gasteiger partial charge in [-0.2, -0.15) is 0 Å². The summed E-state index contributed by atoms with van der Waals surface area (Å²) >= 11 is 1.52. The molecule has 0 bridgehead atoms. The molecule has 6 heteroatoms. The Balaban J connectivity index is 2.00. The van der Waals surface area contributed by atoms with E-state index in [0.29, 0.717) is 17.2 Å². The summed E-state index contributed by atoms with van der Waals surface area (Å²) in [5, 5.41) is 0.671. The normalized spacial score (nSPS) is 11.4. The highest BCUT2D eigenvalue weighted by Crippen LogP contribution is 2.32. The van der Waals surface area contributed by atoms with E-state index in [1.54, 1.807) is 17.0 Å². The lowest BCUT2D eigenvalue weighted by Crippen LogP contribution is -3.12. The Kier molecular flexibility index (Phi) is 6.42. The molecule has 4 nitrogen and oxygen atoms in total. The van der Waals surface area contributed by atoms with E-state index in [9.17, 15) is 9.18 Å². The van der Waals surface area contributed by atoms with Crippen molar-refractivity contribution in [3.05, 3.63) is 58.9 Å². The number of benzene rings is 2. The highest BCUT2D eigenvalue weighted by atomic mass is 32.1. The Bertz CT molecular complexity index is 981. The van der Waals surface area contributed by atoms with Crippen LogP contribution < -0.4 is 9.80 Å². The fraction of sp³-hybridized carbons (Fsp3) is 0.364. The molecule has 3 aromatic rings. The van der Waals surface area contributed by atoms with Crippen molar-refractivity contribution >= 4 is 32.6 Å². The largest absolute Gasteiger partial charge is 0.334 e. The number of hydrogen-bond donors (Lipinski definition) is 1. The molecule has 148 valence electrons. The molecule has 1 aromatic heterocycles. The van der Waals surface area contributed by atoms with Gasteiger partial charge in [-0.15, -0.1) is 0 Å². The first kappa shape index (κ1) is 20.4. The number of quaternary nitrogens is 1. The first-order valence-electron chi connectivity index (χ1n) is 9.71. The Morgan fingerprint density at radius 1 is 1.18 bits per heavy atom. The van der Waals surface area contributed by atoms with Gasteiger partial charge in [0.25, 0.3) is 5.91 Å². The number of anilines is 1. The average Bonchev–Trinajstić information content (AvgIpc) is 3.09. The number of amides is 1. The van der Waals surface area contributed by atoms with Crippen LogP contribution in [0.25, 0.3) is 10.2 Å². The fourth-order valence-corrected chi connectivity index (χ4v) is 4.58. The van der Waals surface area contributed by atoms with Crippen molar-refractivity contribution in [1.82, 2.24) is 4.98 Å². The molecule has 0 aliphatic rings. The maximum atomic E-state index is 13.7. The van der Waals surface area contributed by atoms with Crippen molar-refractivity contribution in [3.8, 4) is 0 Å². The third kappa shape index (κ3) is 4.39. The Labute approximate surface area is 169 Å². The molecule has 0 saturated carbocycles. The van der Waals surface area contributed by atoms with Crippen LogP contribution in [-0.4, -0.2) is 37.1 Å². The average molecular weight is 401 g/mol. The van der Waals surface area contributed by atoms with E-state index in [1.807, 2.05) is 6.92 Å². The van der Waals surface area contributed by atoms with Crippen molar-refractivity contribution in [2.24, 2.45) is 0 Å². The molecular weight excluding hydrogens is 373 g/mol. The van der Waals surface area contributed by atoms with E-state index >= 15 is 0 Å². The van der Waals surface area contributed by atoms with Crippen molar-refractivity contribution in [1.29, 1.82) is 0 Å². The second-order valence-electron chi connectivity index (χ2n) is 7.10. The number of halogens is 1. The van der Waals surface area contributed by atoms with Crippen LogP contribution in [0.15, 0.2) is 36.4 Å². The maximum Gasteiger partial charge on any atom is 0.260 e. The molecule has 0 saturated heterocycles. The Hall–Kier alpha value is -2.31. The number of rotatable bonds is 7. The Morgan fingerprint density at radius 3 is 2.61 bits per heavy atom. The van der Waals surface area contributed by atoms with Crippen LogP contribution in [0.1, 0.15) is 35.3 Å². The minimum Gasteiger partial charge on any atom is -0.334 e. The SMILES string of the molecule is CC[NH+](CC)CCN(C(=O)c1cccc(F)c1)c1nc2c(C)cc(C)cc2s1. The zero-order valence-corrected chi connectivity index (χ0v) is 17.7. The summed E-state index contributed by atoms with van der Waals surface area (Å²) in [6, 6.07) is 10.1. The van der Waals surface area contributed by atoms with Crippen LogP contribution in [0, 0.1) is 19.7 Å². The highest BCUT2D eigenvalue weighted by Gasteiger charge is 2.23. The van der Waals surface area contributed by atoms with Gasteiger partial charge in [0.1, 0.15) is 5.82 Å². The summed E-state index contributed by atoms with van der Waals surface area (Å²) in [4.78, 5) is 21.1. The van der Waals surface area contributed by atoms with E-state index in [4.69, 9.17) is 4.98 Å². The molecular formula is C22H27FN3OS+. The van der Waals surface area contributed by atoms with Gasteiger partial charge in [0, 0.05) is 5.56 Å². The number of carbonyl (C=O) groups excluding carboxylic acids is 1. The number of nitrogens with one attached hydrogen (secondary N) is 1. The highest BCUT2D eigenvalue weighted by molar-refractivity contribution is 7.22. The number of likely N-dealkylation sites (N-methyl/N-ethyl adjacent to an activating group) is 1. The summed E-state index contributed by atoms with van der Waals surface area (Å²) in [5.41, 5.74) is 3.56. The quantitative estimate of drug-likeness (QED) is 0.658. The second-order valence-corrected chi connectivity index (χ2v) is 8.11. The molecule has 1 heterocycles. The van der Waals surface area contributed by atoms with E-state index in [1.165, 1.54) is 33.9 Å². The summed E-state index contributed by atoms with van der Waals surface area (Å²) < 4.78 is 14.8. The number of aromatic nitrogens is 1.